The SMILES string of the molecule is Cc1cc(Cl)ccc1Oc1cc(Br)ccc1N. The Balaban J connectivity index is 2.34. The molecule has 0 atom stereocenters. The molecular formula is C13H11BrClNO. The third kappa shape index (κ3) is 2.93. The number of nitrogen functional groups attached to an aromatic ring is 1. The van der Waals surface area contributed by atoms with Crippen LogP contribution in [0.3, 0.4) is 0 Å². The largest absolute Gasteiger partial charge is 0.455 e. The van der Waals surface area contributed by atoms with Gasteiger partial charge in [-0.2, -0.15) is 0 Å². The minimum atomic E-state index is 0.600. The van der Waals surface area contributed by atoms with E-state index in [-0.39, 0.29) is 0 Å². The van der Waals surface area contributed by atoms with E-state index in [0.717, 1.165) is 15.8 Å². The molecule has 2 rings (SSSR count). The molecule has 2 nitrogen and oxygen atoms in total. The molecule has 0 aromatic heterocycles. The van der Waals surface area contributed by atoms with Crippen LogP contribution in [0, 0.1) is 6.92 Å². The first kappa shape index (κ1) is 12.3. The molecule has 2 aromatic carbocycles. The molecular weight excluding hydrogens is 302 g/mol. The van der Waals surface area contributed by atoms with Crippen LogP contribution in [-0.4, -0.2) is 0 Å². The maximum atomic E-state index is 5.89. The monoisotopic (exact) mass is 311 g/mol. The highest BCUT2D eigenvalue weighted by atomic mass is 79.9. The summed E-state index contributed by atoms with van der Waals surface area (Å²) in [5.74, 6) is 1.38. The lowest BCUT2D eigenvalue weighted by Gasteiger charge is -2.11. The quantitative estimate of drug-likeness (QED) is 0.810. The van der Waals surface area contributed by atoms with E-state index < -0.39 is 0 Å². The molecule has 17 heavy (non-hydrogen) atoms. The Morgan fingerprint density at radius 3 is 2.59 bits per heavy atom. The van der Waals surface area contributed by atoms with Gasteiger partial charge < -0.3 is 10.5 Å². The van der Waals surface area contributed by atoms with Gasteiger partial charge in [0.05, 0.1) is 5.69 Å². The maximum Gasteiger partial charge on any atom is 0.151 e. The van der Waals surface area contributed by atoms with Gasteiger partial charge in [0.25, 0.3) is 0 Å². The van der Waals surface area contributed by atoms with E-state index in [0.29, 0.717) is 16.5 Å². The van der Waals surface area contributed by atoms with Crippen LogP contribution in [0.25, 0.3) is 0 Å². The van der Waals surface area contributed by atoms with Crippen LogP contribution >= 0.6 is 27.5 Å². The third-order valence-electron chi connectivity index (χ3n) is 2.33. The van der Waals surface area contributed by atoms with Crippen molar-refractivity contribution in [3.8, 4) is 11.5 Å². The van der Waals surface area contributed by atoms with E-state index in [2.05, 4.69) is 15.9 Å². The Hall–Kier alpha value is -1.19. The van der Waals surface area contributed by atoms with Gasteiger partial charge in [-0.15, -0.1) is 0 Å². The molecule has 88 valence electrons. The fourth-order valence-electron chi connectivity index (χ4n) is 1.44. The van der Waals surface area contributed by atoms with Gasteiger partial charge in [-0.1, -0.05) is 27.5 Å². The average molecular weight is 313 g/mol. The highest BCUT2D eigenvalue weighted by Crippen LogP contribution is 2.32. The number of aryl methyl sites for hydroxylation is 1. The van der Waals surface area contributed by atoms with Gasteiger partial charge in [-0.05, 0) is 48.9 Å². The standard InChI is InChI=1S/C13H11BrClNO/c1-8-6-10(15)3-5-12(8)17-13-7-9(14)2-4-11(13)16/h2-7H,16H2,1H3. The van der Waals surface area contributed by atoms with Gasteiger partial charge >= 0.3 is 0 Å². The van der Waals surface area contributed by atoms with Crippen molar-refractivity contribution >= 4 is 33.2 Å². The number of nitrogens with two attached hydrogens (primary N) is 1. The Bertz CT molecular complexity index is 557. The molecule has 0 radical (unpaired) electrons. The number of hydrogen-bond donors (Lipinski definition) is 1. The van der Waals surface area contributed by atoms with Crippen LogP contribution in [0.2, 0.25) is 5.02 Å². The summed E-state index contributed by atoms with van der Waals surface area (Å²) in [6, 6.07) is 11.0. The molecule has 0 aliphatic heterocycles. The van der Waals surface area contributed by atoms with Crippen LogP contribution in [-0.2, 0) is 0 Å². The summed E-state index contributed by atoms with van der Waals surface area (Å²) in [4.78, 5) is 0. The second-order valence-corrected chi connectivity index (χ2v) is 5.05. The number of anilines is 1. The van der Waals surface area contributed by atoms with Crippen LogP contribution in [0.1, 0.15) is 5.56 Å². The van der Waals surface area contributed by atoms with Crippen molar-refractivity contribution in [2.24, 2.45) is 0 Å². The summed E-state index contributed by atoms with van der Waals surface area (Å²) in [6.07, 6.45) is 0. The first-order valence-corrected chi connectivity index (χ1v) is 6.22. The normalized spacial score (nSPS) is 10.3. The number of rotatable bonds is 2. The number of ether oxygens (including phenoxy) is 1. The molecule has 4 heteroatoms. The van der Waals surface area contributed by atoms with Crippen molar-refractivity contribution in [1.82, 2.24) is 0 Å². The van der Waals surface area contributed by atoms with Gasteiger partial charge in [-0.3, -0.25) is 0 Å². The molecule has 0 amide bonds. The minimum Gasteiger partial charge on any atom is -0.455 e. The van der Waals surface area contributed by atoms with Crippen LogP contribution < -0.4 is 10.5 Å². The van der Waals surface area contributed by atoms with Gasteiger partial charge in [0.15, 0.2) is 5.75 Å². The highest BCUT2D eigenvalue weighted by molar-refractivity contribution is 9.10. The molecule has 0 saturated carbocycles. The van der Waals surface area contributed by atoms with Gasteiger partial charge in [0, 0.05) is 9.50 Å². The molecule has 0 fully saturated rings. The van der Waals surface area contributed by atoms with E-state index in [1.54, 1.807) is 12.1 Å². The molecule has 0 saturated heterocycles. The molecule has 2 N–H and O–H groups in total. The summed E-state index contributed by atoms with van der Waals surface area (Å²) in [7, 11) is 0. The Kier molecular flexibility index (Phi) is 3.60. The third-order valence-corrected chi connectivity index (χ3v) is 3.06. The topological polar surface area (TPSA) is 35.2 Å². The smallest absolute Gasteiger partial charge is 0.151 e. The van der Waals surface area contributed by atoms with Crippen molar-refractivity contribution < 1.29 is 4.74 Å². The summed E-state index contributed by atoms with van der Waals surface area (Å²) >= 11 is 9.27. The number of halogens is 2. The predicted molar refractivity (Wildman–Crippen MR) is 74.8 cm³/mol. The fourth-order valence-corrected chi connectivity index (χ4v) is 2.01. The number of hydrogen-bond acceptors (Lipinski definition) is 2. The van der Waals surface area contributed by atoms with Crippen molar-refractivity contribution in [2.75, 3.05) is 5.73 Å². The lowest BCUT2D eigenvalue weighted by Crippen LogP contribution is -1.93. The van der Waals surface area contributed by atoms with Gasteiger partial charge in [0.1, 0.15) is 5.75 Å². The fraction of sp³-hybridized carbons (Fsp3) is 0.0769. The van der Waals surface area contributed by atoms with Crippen molar-refractivity contribution in [1.29, 1.82) is 0 Å². The van der Waals surface area contributed by atoms with E-state index in [1.165, 1.54) is 0 Å². The van der Waals surface area contributed by atoms with Crippen molar-refractivity contribution in [3.05, 3.63) is 51.5 Å². The second kappa shape index (κ2) is 4.98. The predicted octanol–water partition coefficient (Wildman–Crippen LogP) is 4.79. The maximum absolute atomic E-state index is 5.89. The molecule has 0 spiro atoms. The van der Waals surface area contributed by atoms with Crippen LogP contribution in [0.4, 0.5) is 5.69 Å². The zero-order chi connectivity index (χ0) is 12.4. The van der Waals surface area contributed by atoms with Crippen molar-refractivity contribution in [2.45, 2.75) is 6.92 Å². The summed E-state index contributed by atoms with van der Waals surface area (Å²) < 4.78 is 6.69. The lowest BCUT2D eigenvalue weighted by atomic mass is 10.2. The Morgan fingerprint density at radius 1 is 1.12 bits per heavy atom. The highest BCUT2D eigenvalue weighted by Gasteiger charge is 2.05. The first-order valence-electron chi connectivity index (χ1n) is 5.05. The second-order valence-electron chi connectivity index (χ2n) is 3.69. The Morgan fingerprint density at radius 2 is 1.88 bits per heavy atom. The van der Waals surface area contributed by atoms with Gasteiger partial charge in [-0.25, -0.2) is 0 Å². The van der Waals surface area contributed by atoms with E-state index in [4.69, 9.17) is 22.1 Å². The number of benzene rings is 2. The molecule has 2 aromatic rings. The van der Waals surface area contributed by atoms with Crippen LogP contribution in [0.15, 0.2) is 40.9 Å². The summed E-state index contributed by atoms with van der Waals surface area (Å²) in [5.41, 5.74) is 7.41. The van der Waals surface area contributed by atoms with Crippen molar-refractivity contribution in [3.63, 3.8) is 0 Å². The summed E-state index contributed by atoms with van der Waals surface area (Å²) in [5, 5.41) is 0.692. The summed E-state index contributed by atoms with van der Waals surface area (Å²) in [6.45, 7) is 1.94. The zero-order valence-corrected chi connectivity index (χ0v) is 11.5. The van der Waals surface area contributed by atoms with E-state index in [1.807, 2.05) is 31.2 Å². The first-order chi connectivity index (χ1) is 8.06. The zero-order valence-electron chi connectivity index (χ0n) is 9.21. The molecule has 0 aliphatic carbocycles. The molecule has 0 unspecified atom stereocenters. The molecule has 0 bridgehead atoms. The lowest BCUT2D eigenvalue weighted by molar-refractivity contribution is 0.481. The van der Waals surface area contributed by atoms with Gasteiger partial charge in [0.2, 0.25) is 0 Å². The van der Waals surface area contributed by atoms with Crippen LogP contribution in [0.5, 0.6) is 11.5 Å². The average Bonchev–Trinajstić information content (AvgIpc) is 2.27. The Labute approximate surface area is 113 Å². The van der Waals surface area contributed by atoms with E-state index >= 15 is 0 Å². The molecule has 0 aliphatic rings. The molecule has 0 heterocycles. The minimum absolute atomic E-state index is 0.600. The van der Waals surface area contributed by atoms with E-state index in [9.17, 15) is 0 Å².